The molecule has 0 saturated carbocycles. The van der Waals surface area contributed by atoms with Gasteiger partial charge in [-0.05, 0) is 36.4 Å². The maximum absolute atomic E-state index is 11.4. The molecule has 0 saturated heterocycles. The van der Waals surface area contributed by atoms with Crippen LogP contribution in [0.25, 0.3) is 0 Å². The van der Waals surface area contributed by atoms with Gasteiger partial charge >= 0.3 is 0 Å². The SMILES string of the molecule is CCNC(c1ccc(S(C)(=O)=O)cc1)c1ccco1. The first-order valence-electron chi connectivity index (χ1n) is 6.09. The number of hydrogen-bond donors (Lipinski definition) is 1. The molecule has 0 radical (unpaired) electrons. The Morgan fingerprint density at radius 3 is 2.37 bits per heavy atom. The quantitative estimate of drug-likeness (QED) is 0.913. The molecule has 0 aliphatic heterocycles. The summed E-state index contributed by atoms with van der Waals surface area (Å²) in [7, 11) is -3.16. The lowest BCUT2D eigenvalue weighted by Crippen LogP contribution is -2.21. The molecular formula is C14H17NO3S. The summed E-state index contributed by atoms with van der Waals surface area (Å²) in [5, 5.41) is 3.32. The fourth-order valence-corrected chi connectivity index (χ4v) is 2.58. The molecule has 102 valence electrons. The minimum Gasteiger partial charge on any atom is -0.467 e. The van der Waals surface area contributed by atoms with E-state index >= 15 is 0 Å². The Balaban J connectivity index is 2.33. The van der Waals surface area contributed by atoms with Crippen LogP contribution < -0.4 is 5.32 Å². The van der Waals surface area contributed by atoms with Crippen LogP contribution in [0.15, 0.2) is 52.0 Å². The zero-order valence-corrected chi connectivity index (χ0v) is 11.8. The van der Waals surface area contributed by atoms with E-state index in [1.54, 1.807) is 18.4 Å². The van der Waals surface area contributed by atoms with Gasteiger partial charge < -0.3 is 9.73 Å². The topological polar surface area (TPSA) is 59.3 Å². The summed E-state index contributed by atoms with van der Waals surface area (Å²) in [6.45, 7) is 2.81. The number of nitrogens with one attached hydrogen (secondary N) is 1. The number of hydrogen-bond acceptors (Lipinski definition) is 4. The first-order valence-corrected chi connectivity index (χ1v) is 7.98. The highest BCUT2D eigenvalue weighted by atomic mass is 32.2. The van der Waals surface area contributed by atoms with Crippen molar-refractivity contribution in [2.24, 2.45) is 0 Å². The summed E-state index contributed by atoms with van der Waals surface area (Å²) >= 11 is 0. The number of benzene rings is 1. The van der Waals surface area contributed by atoms with Crippen LogP contribution in [0.2, 0.25) is 0 Å². The predicted octanol–water partition coefficient (Wildman–Crippen LogP) is 2.38. The van der Waals surface area contributed by atoms with Gasteiger partial charge in [-0.25, -0.2) is 8.42 Å². The number of sulfone groups is 1. The molecule has 1 atom stereocenters. The lowest BCUT2D eigenvalue weighted by atomic mass is 10.0. The second-order valence-corrected chi connectivity index (χ2v) is 6.36. The summed E-state index contributed by atoms with van der Waals surface area (Å²) in [5.41, 5.74) is 0.976. The van der Waals surface area contributed by atoms with Crippen molar-refractivity contribution in [3.63, 3.8) is 0 Å². The van der Waals surface area contributed by atoms with Crippen molar-refractivity contribution in [2.45, 2.75) is 17.9 Å². The fourth-order valence-electron chi connectivity index (χ4n) is 1.95. The monoisotopic (exact) mass is 279 g/mol. The van der Waals surface area contributed by atoms with Crippen LogP contribution in [0.5, 0.6) is 0 Å². The molecule has 0 amide bonds. The third-order valence-electron chi connectivity index (χ3n) is 2.88. The van der Waals surface area contributed by atoms with Crippen molar-refractivity contribution in [3.8, 4) is 0 Å². The molecule has 19 heavy (non-hydrogen) atoms. The second-order valence-electron chi connectivity index (χ2n) is 4.35. The molecule has 1 unspecified atom stereocenters. The normalized spacial score (nSPS) is 13.4. The smallest absolute Gasteiger partial charge is 0.175 e. The fraction of sp³-hybridized carbons (Fsp3) is 0.286. The van der Waals surface area contributed by atoms with Crippen LogP contribution in [-0.4, -0.2) is 21.2 Å². The first-order chi connectivity index (χ1) is 9.02. The Bertz CT molecular complexity index is 615. The molecule has 0 spiro atoms. The van der Waals surface area contributed by atoms with Crippen molar-refractivity contribution in [1.82, 2.24) is 5.32 Å². The van der Waals surface area contributed by atoms with Gasteiger partial charge in [-0.2, -0.15) is 0 Å². The molecule has 0 bridgehead atoms. The summed E-state index contributed by atoms with van der Waals surface area (Å²) in [6.07, 6.45) is 2.83. The van der Waals surface area contributed by atoms with E-state index in [4.69, 9.17) is 4.42 Å². The lowest BCUT2D eigenvalue weighted by Gasteiger charge is -2.16. The molecule has 0 aliphatic carbocycles. The minimum absolute atomic E-state index is 0.0615. The predicted molar refractivity (Wildman–Crippen MR) is 73.8 cm³/mol. The molecule has 0 aliphatic rings. The van der Waals surface area contributed by atoms with E-state index < -0.39 is 9.84 Å². The third kappa shape index (κ3) is 3.24. The van der Waals surface area contributed by atoms with Crippen molar-refractivity contribution < 1.29 is 12.8 Å². The van der Waals surface area contributed by atoms with E-state index in [0.29, 0.717) is 4.90 Å². The van der Waals surface area contributed by atoms with Gasteiger partial charge in [0.2, 0.25) is 0 Å². The van der Waals surface area contributed by atoms with Gasteiger partial charge in [0.15, 0.2) is 9.84 Å². The molecule has 2 aromatic rings. The average Bonchev–Trinajstić information content (AvgIpc) is 2.89. The van der Waals surface area contributed by atoms with Gasteiger partial charge in [-0.1, -0.05) is 19.1 Å². The van der Waals surface area contributed by atoms with E-state index in [1.165, 1.54) is 6.26 Å². The van der Waals surface area contributed by atoms with Crippen LogP contribution in [0, 0.1) is 0 Å². The largest absolute Gasteiger partial charge is 0.467 e. The molecule has 1 N–H and O–H groups in total. The third-order valence-corrected chi connectivity index (χ3v) is 4.01. The lowest BCUT2D eigenvalue weighted by molar-refractivity contribution is 0.452. The van der Waals surface area contributed by atoms with Gasteiger partial charge in [0.25, 0.3) is 0 Å². The summed E-state index contributed by atoms with van der Waals surface area (Å²) in [5.74, 6) is 0.814. The molecule has 2 rings (SSSR count). The average molecular weight is 279 g/mol. The van der Waals surface area contributed by atoms with Gasteiger partial charge in [0.05, 0.1) is 17.2 Å². The highest BCUT2D eigenvalue weighted by Gasteiger charge is 2.16. The van der Waals surface area contributed by atoms with Gasteiger partial charge in [-0.15, -0.1) is 0 Å². The molecular weight excluding hydrogens is 262 g/mol. The van der Waals surface area contributed by atoms with E-state index in [9.17, 15) is 8.42 Å². The molecule has 1 aromatic carbocycles. The van der Waals surface area contributed by atoms with Crippen LogP contribution in [0.4, 0.5) is 0 Å². The van der Waals surface area contributed by atoms with Gasteiger partial charge in [-0.3, -0.25) is 0 Å². The number of rotatable bonds is 5. The maximum Gasteiger partial charge on any atom is 0.175 e. The zero-order chi connectivity index (χ0) is 13.9. The highest BCUT2D eigenvalue weighted by molar-refractivity contribution is 7.90. The summed E-state index contributed by atoms with van der Waals surface area (Å²) in [4.78, 5) is 0.325. The molecule has 0 fully saturated rings. The Hall–Kier alpha value is -1.59. The molecule has 4 nitrogen and oxygen atoms in total. The van der Waals surface area contributed by atoms with Gasteiger partial charge in [0.1, 0.15) is 5.76 Å². The standard InChI is InChI=1S/C14H17NO3S/c1-3-15-14(13-5-4-10-18-13)11-6-8-12(9-7-11)19(2,16)17/h4-10,14-15H,3H2,1-2H3. The Morgan fingerprint density at radius 2 is 1.89 bits per heavy atom. The van der Waals surface area contributed by atoms with E-state index in [-0.39, 0.29) is 6.04 Å². The van der Waals surface area contributed by atoms with Crippen molar-refractivity contribution in [1.29, 1.82) is 0 Å². The van der Waals surface area contributed by atoms with Crippen molar-refractivity contribution >= 4 is 9.84 Å². The van der Waals surface area contributed by atoms with Crippen molar-refractivity contribution in [3.05, 3.63) is 54.0 Å². The van der Waals surface area contributed by atoms with E-state index in [1.807, 2.05) is 31.2 Å². The van der Waals surface area contributed by atoms with Gasteiger partial charge in [0, 0.05) is 6.26 Å². The second kappa shape index (κ2) is 5.59. The minimum atomic E-state index is -3.16. The van der Waals surface area contributed by atoms with Crippen LogP contribution in [0.3, 0.4) is 0 Å². The Kier molecular flexibility index (Phi) is 4.07. The number of furan rings is 1. The highest BCUT2D eigenvalue weighted by Crippen LogP contribution is 2.23. The van der Waals surface area contributed by atoms with Crippen molar-refractivity contribution in [2.75, 3.05) is 12.8 Å². The summed E-state index contributed by atoms with van der Waals surface area (Å²) < 4.78 is 28.3. The van der Waals surface area contributed by atoms with Crippen LogP contribution in [0.1, 0.15) is 24.3 Å². The summed E-state index contributed by atoms with van der Waals surface area (Å²) in [6, 6.07) is 10.5. The Labute approximate surface area is 113 Å². The van der Waals surface area contributed by atoms with E-state index in [2.05, 4.69) is 5.32 Å². The molecule has 5 heteroatoms. The molecule has 1 aromatic heterocycles. The maximum atomic E-state index is 11.4. The molecule has 1 heterocycles. The first kappa shape index (κ1) is 13.8. The van der Waals surface area contributed by atoms with E-state index in [0.717, 1.165) is 17.9 Å². The van der Waals surface area contributed by atoms with Crippen LogP contribution >= 0.6 is 0 Å². The van der Waals surface area contributed by atoms with Crippen LogP contribution in [-0.2, 0) is 9.84 Å². The zero-order valence-electron chi connectivity index (χ0n) is 11.0. The Morgan fingerprint density at radius 1 is 1.21 bits per heavy atom.